The number of fused-ring (bicyclic) bond motifs is 1. The molecule has 0 spiro atoms. The number of amides is 1. The van der Waals surface area contributed by atoms with E-state index in [9.17, 15) is 14.7 Å². The summed E-state index contributed by atoms with van der Waals surface area (Å²) < 4.78 is 0. The molecule has 1 atom stereocenters. The zero-order chi connectivity index (χ0) is 25.4. The number of aromatic nitrogens is 2. The van der Waals surface area contributed by atoms with Crippen molar-refractivity contribution in [1.82, 2.24) is 9.97 Å². The summed E-state index contributed by atoms with van der Waals surface area (Å²) in [6.07, 6.45) is 0. The van der Waals surface area contributed by atoms with Crippen molar-refractivity contribution in [2.45, 2.75) is 26.8 Å². The first kappa shape index (κ1) is 23.4. The third kappa shape index (κ3) is 3.92. The van der Waals surface area contributed by atoms with Crippen molar-refractivity contribution in [3.63, 3.8) is 0 Å². The minimum absolute atomic E-state index is 0.0416. The second-order valence-electron chi connectivity index (χ2n) is 8.88. The second-order valence-corrected chi connectivity index (χ2v) is 8.88. The molecule has 3 aromatic carbocycles. The van der Waals surface area contributed by atoms with E-state index in [1.165, 1.54) is 4.90 Å². The molecule has 1 aromatic heterocycles. The topological polar surface area (TPSA) is 89.5 Å². The first-order valence-electron chi connectivity index (χ1n) is 12.1. The van der Waals surface area contributed by atoms with Gasteiger partial charge in [-0.25, -0.2) is 4.98 Å². The summed E-state index contributed by atoms with van der Waals surface area (Å²) in [6.45, 7) is 7.86. The summed E-state index contributed by atoms with van der Waals surface area (Å²) in [7, 11) is 0. The van der Waals surface area contributed by atoms with E-state index in [0.717, 1.165) is 29.9 Å². The van der Waals surface area contributed by atoms with E-state index >= 15 is 0 Å². The van der Waals surface area contributed by atoms with Crippen molar-refractivity contribution in [2.75, 3.05) is 22.9 Å². The number of nitrogens with zero attached hydrogens (tertiary/aromatic N) is 3. The molecule has 1 aliphatic rings. The molecule has 7 heteroatoms. The molecular formula is C29H28N4O3. The third-order valence-electron chi connectivity index (χ3n) is 6.71. The number of rotatable bonds is 6. The van der Waals surface area contributed by atoms with Crippen LogP contribution >= 0.6 is 0 Å². The van der Waals surface area contributed by atoms with Gasteiger partial charge in [0.2, 0.25) is 5.95 Å². The van der Waals surface area contributed by atoms with Crippen LogP contribution in [0.25, 0.3) is 16.8 Å². The smallest absolute Gasteiger partial charge is 0.302 e. The highest BCUT2D eigenvalue weighted by atomic mass is 16.3. The number of aromatic amines is 1. The molecule has 7 nitrogen and oxygen atoms in total. The van der Waals surface area contributed by atoms with E-state index in [0.29, 0.717) is 16.6 Å². The lowest BCUT2D eigenvalue weighted by Gasteiger charge is -2.25. The number of aliphatic hydroxyl groups is 1. The number of ketones is 1. The van der Waals surface area contributed by atoms with Gasteiger partial charge < -0.3 is 15.0 Å². The van der Waals surface area contributed by atoms with E-state index < -0.39 is 17.7 Å². The molecule has 5 rings (SSSR count). The van der Waals surface area contributed by atoms with Crippen LogP contribution < -0.4 is 9.80 Å². The Kier molecular flexibility index (Phi) is 6.06. The monoisotopic (exact) mass is 480 g/mol. The number of aliphatic hydroxyl groups excluding tert-OH is 1. The number of anilines is 2. The average molecular weight is 481 g/mol. The first-order valence-corrected chi connectivity index (χ1v) is 12.1. The predicted molar refractivity (Wildman–Crippen MR) is 142 cm³/mol. The zero-order valence-corrected chi connectivity index (χ0v) is 20.5. The number of aryl methyl sites for hydroxylation is 1. The highest BCUT2D eigenvalue weighted by Crippen LogP contribution is 2.42. The molecule has 2 N–H and O–H groups in total. The Balaban J connectivity index is 1.69. The molecule has 1 unspecified atom stereocenters. The predicted octanol–water partition coefficient (Wildman–Crippen LogP) is 5.34. The molecule has 0 saturated carbocycles. The zero-order valence-electron chi connectivity index (χ0n) is 20.5. The minimum atomic E-state index is -0.836. The van der Waals surface area contributed by atoms with Crippen LogP contribution in [0.4, 0.5) is 11.6 Å². The molecule has 1 aliphatic heterocycles. The van der Waals surface area contributed by atoms with Gasteiger partial charge in [0.1, 0.15) is 5.76 Å². The number of para-hydroxylation sites is 2. The van der Waals surface area contributed by atoms with Crippen LogP contribution in [0, 0.1) is 6.92 Å². The highest BCUT2D eigenvalue weighted by molar-refractivity contribution is 6.51. The van der Waals surface area contributed by atoms with Crippen molar-refractivity contribution in [1.29, 1.82) is 0 Å². The number of carbonyl (C=O) groups excluding carboxylic acids is 2. The van der Waals surface area contributed by atoms with E-state index in [-0.39, 0.29) is 17.3 Å². The van der Waals surface area contributed by atoms with Crippen molar-refractivity contribution >= 4 is 40.1 Å². The lowest BCUT2D eigenvalue weighted by molar-refractivity contribution is -0.132. The molecule has 0 radical (unpaired) electrons. The average Bonchev–Trinajstić information content (AvgIpc) is 3.43. The number of nitrogens with one attached hydrogen (secondary N) is 1. The molecule has 0 aliphatic carbocycles. The Labute approximate surface area is 209 Å². The van der Waals surface area contributed by atoms with Crippen LogP contribution in [0.15, 0.2) is 78.4 Å². The maximum Gasteiger partial charge on any atom is 0.302 e. The summed E-state index contributed by atoms with van der Waals surface area (Å²) in [5.74, 6) is -1.42. The Bertz CT molecular complexity index is 1430. The number of Topliss-reactive ketones (excluding diaryl/α,β-unsaturated/α-hetero) is 1. The van der Waals surface area contributed by atoms with Crippen molar-refractivity contribution in [3.05, 3.63) is 95.1 Å². The van der Waals surface area contributed by atoms with Gasteiger partial charge in [0.05, 0.1) is 22.6 Å². The maximum atomic E-state index is 13.4. The van der Waals surface area contributed by atoms with Crippen LogP contribution in [0.3, 0.4) is 0 Å². The van der Waals surface area contributed by atoms with Gasteiger partial charge in [-0.1, -0.05) is 54.1 Å². The lowest BCUT2D eigenvalue weighted by atomic mass is 9.95. The van der Waals surface area contributed by atoms with Crippen LogP contribution in [0.1, 0.15) is 36.6 Å². The second kappa shape index (κ2) is 9.34. The molecule has 36 heavy (non-hydrogen) atoms. The minimum Gasteiger partial charge on any atom is -0.507 e. The quantitative estimate of drug-likeness (QED) is 0.221. The summed E-state index contributed by atoms with van der Waals surface area (Å²) in [5, 5.41) is 11.3. The van der Waals surface area contributed by atoms with Crippen LogP contribution in [0.2, 0.25) is 0 Å². The van der Waals surface area contributed by atoms with Crippen LogP contribution in [0.5, 0.6) is 0 Å². The Morgan fingerprint density at radius 2 is 1.64 bits per heavy atom. The van der Waals surface area contributed by atoms with Crippen molar-refractivity contribution in [2.24, 2.45) is 0 Å². The molecule has 4 aromatic rings. The Morgan fingerprint density at radius 1 is 0.972 bits per heavy atom. The lowest BCUT2D eigenvalue weighted by Crippen LogP contribution is -2.30. The van der Waals surface area contributed by atoms with Gasteiger partial charge in [-0.15, -0.1) is 0 Å². The maximum absolute atomic E-state index is 13.4. The Hall–Kier alpha value is -4.39. The number of carbonyl (C=O) groups is 2. The summed E-state index contributed by atoms with van der Waals surface area (Å²) in [4.78, 5) is 38.1. The summed E-state index contributed by atoms with van der Waals surface area (Å²) in [5.41, 5.74) is 4.74. The van der Waals surface area contributed by atoms with Gasteiger partial charge >= 0.3 is 5.91 Å². The molecule has 2 heterocycles. The number of benzene rings is 3. The highest BCUT2D eigenvalue weighted by Gasteiger charge is 2.48. The van der Waals surface area contributed by atoms with Gasteiger partial charge in [0.25, 0.3) is 5.78 Å². The number of H-pyrrole nitrogens is 1. The fourth-order valence-electron chi connectivity index (χ4n) is 4.74. The molecule has 1 amide bonds. The van der Waals surface area contributed by atoms with Gasteiger partial charge in [-0.05, 0) is 50.6 Å². The van der Waals surface area contributed by atoms with E-state index in [1.807, 2.05) is 67.6 Å². The van der Waals surface area contributed by atoms with E-state index in [1.54, 1.807) is 12.1 Å². The van der Waals surface area contributed by atoms with Gasteiger partial charge in [-0.3, -0.25) is 14.5 Å². The van der Waals surface area contributed by atoms with Crippen molar-refractivity contribution < 1.29 is 14.7 Å². The third-order valence-corrected chi connectivity index (χ3v) is 6.71. The normalized spacial score (nSPS) is 17.2. The fraction of sp³-hybridized carbons (Fsp3) is 0.207. The van der Waals surface area contributed by atoms with Gasteiger partial charge in [-0.2, -0.15) is 0 Å². The molecule has 0 bridgehead atoms. The van der Waals surface area contributed by atoms with E-state index in [4.69, 9.17) is 0 Å². The molecule has 1 saturated heterocycles. The molecule has 182 valence electrons. The van der Waals surface area contributed by atoms with E-state index in [2.05, 4.69) is 28.7 Å². The largest absolute Gasteiger partial charge is 0.507 e. The number of hydrogen-bond donors (Lipinski definition) is 2. The summed E-state index contributed by atoms with van der Waals surface area (Å²) in [6, 6.07) is 21.6. The standard InChI is InChI=1S/C29H28N4O3/c1-4-32(5-2)21-16-14-19(15-17-21)25-24(26(34)20-12-10-18(3)11-13-20)27(35)28(36)33(25)29-30-22-8-6-7-9-23(22)31-29/h6-17,25,34H,4-5H2,1-3H3,(H,30,31)/b26-24+. The fourth-order valence-corrected chi connectivity index (χ4v) is 4.74. The molecule has 1 fully saturated rings. The molecular weight excluding hydrogens is 452 g/mol. The number of imidazole rings is 1. The van der Waals surface area contributed by atoms with Crippen LogP contribution in [-0.2, 0) is 9.59 Å². The Morgan fingerprint density at radius 3 is 2.28 bits per heavy atom. The van der Waals surface area contributed by atoms with Gasteiger partial charge in [0, 0.05) is 24.3 Å². The first-order chi connectivity index (χ1) is 17.4. The SMILES string of the molecule is CCN(CC)c1ccc(C2/C(=C(\O)c3ccc(C)cc3)C(=O)C(=O)N2c2nc3ccccc3[nH]2)cc1. The van der Waals surface area contributed by atoms with Crippen LogP contribution in [-0.4, -0.2) is 39.9 Å². The van der Waals surface area contributed by atoms with Crippen molar-refractivity contribution in [3.8, 4) is 0 Å². The van der Waals surface area contributed by atoms with Gasteiger partial charge in [0.15, 0.2) is 0 Å². The summed E-state index contributed by atoms with van der Waals surface area (Å²) >= 11 is 0. The number of hydrogen-bond acceptors (Lipinski definition) is 5.